The minimum Gasteiger partial charge on any atom is -0.507 e. The van der Waals surface area contributed by atoms with Crippen LogP contribution < -0.4 is 0 Å². The molecule has 0 amide bonds. The van der Waals surface area contributed by atoms with E-state index in [1.165, 1.54) is 12.1 Å². The molecule has 0 spiro atoms. The van der Waals surface area contributed by atoms with Crippen molar-refractivity contribution in [2.75, 3.05) is 0 Å². The van der Waals surface area contributed by atoms with Crippen LogP contribution in [-0.2, 0) is 0 Å². The zero-order chi connectivity index (χ0) is 13.3. The van der Waals surface area contributed by atoms with Crippen molar-refractivity contribution in [2.24, 2.45) is 0 Å². The number of aldehydes is 1. The molecule has 2 N–H and O–H groups in total. The summed E-state index contributed by atoms with van der Waals surface area (Å²) in [6, 6.07) is 8.41. The van der Waals surface area contributed by atoms with E-state index >= 15 is 0 Å². The average Bonchev–Trinajstić information content (AvgIpc) is 2.33. The van der Waals surface area contributed by atoms with Gasteiger partial charge in [0.25, 0.3) is 0 Å². The Morgan fingerprint density at radius 3 is 2.28 bits per heavy atom. The molecular formula is C15H14O3. The zero-order valence-corrected chi connectivity index (χ0v) is 10.3. The highest BCUT2D eigenvalue weighted by Gasteiger charge is 2.15. The van der Waals surface area contributed by atoms with E-state index in [1.54, 1.807) is 0 Å². The smallest absolute Gasteiger partial charge is 0.154 e. The Bertz CT molecular complexity index is 615. The molecule has 3 nitrogen and oxygen atoms in total. The second-order valence-electron chi connectivity index (χ2n) is 4.33. The lowest BCUT2D eigenvalue weighted by molar-refractivity contribution is 0.112. The molecule has 0 aliphatic rings. The van der Waals surface area contributed by atoms with E-state index in [4.69, 9.17) is 0 Å². The van der Waals surface area contributed by atoms with Gasteiger partial charge in [-0.1, -0.05) is 23.8 Å². The molecule has 0 atom stereocenters. The van der Waals surface area contributed by atoms with Crippen LogP contribution in [0.2, 0.25) is 0 Å². The first-order valence-electron chi connectivity index (χ1n) is 5.62. The quantitative estimate of drug-likeness (QED) is 0.628. The number of phenolic OH excluding ortho intramolecular Hbond substituents is 2. The van der Waals surface area contributed by atoms with E-state index in [1.807, 2.05) is 32.0 Å². The monoisotopic (exact) mass is 242 g/mol. The molecule has 2 aromatic rings. The van der Waals surface area contributed by atoms with Gasteiger partial charge in [0.2, 0.25) is 0 Å². The number of rotatable bonds is 2. The number of aromatic hydroxyl groups is 2. The highest BCUT2D eigenvalue weighted by atomic mass is 16.3. The molecule has 2 rings (SSSR count). The van der Waals surface area contributed by atoms with Gasteiger partial charge >= 0.3 is 0 Å². The predicted octanol–water partition coefficient (Wildman–Crippen LogP) is 3.19. The molecular weight excluding hydrogens is 228 g/mol. The molecule has 0 unspecified atom stereocenters. The van der Waals surface area contributed by atoms with Gasteiger partial charge in [0.05, 0.1) is 5.56 Å². The minimum absolute atomic E-state index is 0.0122. The SMILES string of the molecule is Cc1ccc(-c2c(O)ccc(O)c2C=O)c(C)c1. The molecule has 0 aliphatic heterocycles. The Labute approximate surface area is 105 Å². The lowest BCUT2D eigenvalue weighted by atomic mass is 9.94. The van der Waals surface area contributed by atoms with E-state index in [0.717, 1.165) is 16.7 Å². The summed E-state index contributed by atoms with van der Waals surface area (Å²) in [5.74, 6) is -0.139. The maximum absolute atomic E-state index is 11.1. The Kier molecular flexibility index (Phi) is 3.06. The second-order valence-corrected chi connectivity index (χ2v) is 4.33. The molecule has 2 aromatic carbocycles. The normalized spacial score (nSPS) is 10.3. The zero-order valence-electron chi connectivity index (χ0n) is 10.3. The summed E-state index contributed by atoms with van der Waals surface area (Å²) in [5.41, 5.74) is 3.28. The lowest BCUT2D eigenvalue weighted by Crippen LogP contribution is -1.92. The average molecular weight is 242 g/mol. The van der Waals surface area contributed by atoms with Gasteiger partial charge in [-0.2, -0.15) is 0 Å². The van der Waals surface area contributed by atoms with E-state index in [9.17, 15) is 15.0 Å². The van der Waals surface area contributed by atoms with Gasteiger partial charge in [0, 0.05) is 5.56 Å². The largest absolute Gasteiger partial charge is 0.507 e. The minimum atomic E-state index is -0.127. The lowest BCUT2D eigenvalue weighted by Gasteiger charge is -2.12. The van der Waals surface area contributed by atoms with Crippen molar-refractivity contribution in [3.63, 3.8) is 0 Å². The first-order chi connectivity index (χ1) is 8.54. The number of carbonyl (C=O) groups is 1. The molecule has 0 saturated carbocycles. The Morgan fingerprint density at radius 1 is 1.00 bits per heavy atom. The Hall–Kier alpha value is -2.29. The first-order valence-corrected chi connectivity index (χ1v) is 5.62. The van der Waals surface area contributed by atoms with Crippen molar-refractivity contribution in [1.29, 1.82) is 0 Å². The molecule has 92 valence electrons. The molecule has 0 fully saturated rings. The number of aryl methyl sites for hydroxylation is 2. The van der Waals surface area contributed by atoms with Crippen LogP contribution in [-0.4, -0.2) is 16.5 Å². The third-order valence-corrected chi connectivity index (χ3v) is 2.97. The van der Waals surface area contributed by atoms with Crippen molar-refractivity contribution in [2.45, 2.75) is 13.8 Å². The number of phenols is 2. The second kappa shape index (κ2) is 4.53. The van der Waals surface area contributed by atoms with Gasteiger partial charge in [0.1, 0.15) is 11.5 Å². The Morgan fingerprint density at radius 2 is 1.67 bits per heavy atom. The number of hydrogen-bond donors (Lipinski definition) is 2. The van der Waals surface area contributed by atoms with Crippen molar-refractivity contribution < 1.29 is 15.0 Å². The van der Waals surface area contributed by atoms with Crippen LogP contribution in [0.4, 0.5) is 0 Å². The van der Waals surface area contributed by atoms with Gasteiger partial charge in [-0.15, -0.1) is 0 Å². The highest BCUT2D eigenvalue weighted by Crippen LogP contribution is 2.38. The summed E-state index contributed by atoms with van der Waals surface area (Å²) in [6.45, 7) is 3.88. The summed E-state index contributed by atoms with van der Waals surface area (Å²) >= 11 is 0. The van der Waals surface area contributed by atoms with Crippen molar-refractivity contribution in [1.82, 2.24) is 0 Å². The summed E-state index contributed by atoms with van der Waals surface area (Å²) in [6.07, 6.45) is 0.559. The fourth-order valence-electron chi connectivity index (χ4n) is 2.09. The highest BCUT2D eigenvalue weighted by molar-refractivity contribution is 5.94. The first kappa shape index (κ1) is 12.2. The summed E-state index contributed by atoms with van der Waals surface area (Å²) in [4.78, 5) is 11.1. The molecule has 3 heteroatoms. The number of carbonyl (C=O) groups excluding carboxylic acids is 1. The third-order valence-electron chi connectivity index (χ3n) is 2.97. The summed E-state index contributed by atoms with van der Waals surface area (Å²) in [5, 5.41) is 19.6. The fraction of sp³-hybridized carbons (Fsp3) is 0.133. The molecule has 0 aromatic heterocycles. The topological polar surface area (TPSA) is 57.5 Å². The van der Waals surface area contributed by atoms with Crippen LogP contribution in [0.15, 0.2) is 30.3 Å². The van der Waals surface area contributed by atoms with Gasteiger partial charge in [0.15, 0.2) is 6.29 Å². The van der Waals surface area contributed by atoms with Crippen LogP contribution in [0, 0.1) is 13.8 Å². The third kappa shape index (κ3) is 1.95. The van der Waals surface area contributed by atoms with Crippen molar-refractivity contribution >= 4 is 6.29 Å². The van der Waals surface area contributed by atoms with Crippen LogP contribution in [0.5, 0.6) is 11.5 Å². The van der Waals surface area contributed by atoms with E-state index in [0.29, 0.717) is 11.8 Å². The van der Waals surface area contributed by atoms with Crippen LogP contribution in [0.1, 0.15) is 21.5 Å². The molecule has 18 heavy (non-hydrogen) atoms. The standard InChI is InChI=1S/C15H14O3/c1-9-3-4-11(10(2)7-9)15-12(8-16)13(17)5-6-14(15)18/h3-8,17-18H,1-2H3. The van der Waals surface area contributed by atoms with Gasteiger partial charge in [-0.25, -0.2) is 0 Å². The molecule has 0 saturated heterocycles. The maximum Gasteiger partial charge on any atom is 0.154 e. The van der Waals surface area contributed by atoms with Crippen molar-refractivity contribution in [3.05, 3.63) is 47.0 Å². The van der Waals surface area contributed by atoms with Crippen LogP contribution >= 0.6 is 0 Å². The number of benzene rings is 2. The maximum atomic E-state index is 11.1. The van der Waals surface area contributed by atoms with Gasteiger partial charge < -0.3 is 10.2 Å². The van der Waals surface area contributed by atoms with Crippen molar-refractivity contribution in [3.8, 4) is 22.6 Å². The Balaban J connectivity index is 2.77. The van der Waals surface area contributed by atoms with Gasteiger partial charge in [-0.05, 0) is 37.1 Å². The molecule has 0 radical (unpaired) electrons. The summed E-state index contributed by atoms with van der Waals surface area (Å²) in [7, 11) is 0. The molecule has 0 aliphatic carbocycles. The van der Waals surface area contributed by atoms with Crippen LogP contribution in [0.3, 0.4) is 0 Å². The van der Waals surface area contributed by atoms with E-state index in [2.05, 4.69) is 0 Å². The molecule has 0 bridgehead atoms. The number of hydrogen-bond acceptors (Lipinski definition) is 3. The molecule has 0 heterocycles. The summed E-state index contributed by atoms with van der Waals surface area (Å²) < 4.78 is 0. The van der Waals surface area contributed by atoms with Gasteiger partial charge in [-0.3, -0.25) is 4.79 Å². The predicted molar refractivity (Wildman–Crippen MR) is 70.1 cm³/mol. The van der Waals surface area contributed by atoms with E-state index < -0.39 is 0 Å². The van der Waals surface area contributed by atoms with Crippen LogP contribution in [0.25, 0.3) is 11.1 Å². The van der Waals surface area contributed by atoms with E-state index in [-0.39, 0.29) is 17.1 Å². The fourth-order valence-corrected chi connectivity index (χ4v) is 2.09.